The summed E-state index contributed by atoms with van der Waals surface area (Å²) < 4.78 is 6.61. The van der Waals surface area contributed by atoms with Crippen molar-refractivity contribution in [1.82, 2.24) is 4.98 Å². The second kappa shape index (κ2) is 5.51. The second-order valence-electron chi connectivity index (χ2n) is 4.64. The van der Waals surface area contributed by atoms with E-state index in [1.807, 2.05) is 29.8 Å². The molecular formula is C16H16N2OS. The molecule has 1 atom stereocenters. The highest BCUT2D eigenvalue weighted by Crippen LogP contribution is 2.29. The van der Waals surface area contributed by atoms with E-state index >= 15 is 0 Å². The molecule has 2 aromatic carbocycles. The molecule has 0 radical (unpaired) electrons. The minimum Gasteiger partial charge on any atom is -0.496 e. The minimum absolute atomic E-state index is 0.177. The fourth-order valence-electron chi connectivity index (χ4n) is 2.30. The van der Waals surface area contributed by atoms with Gasteiger partial charge in [0.25, 0.3) is 0 Å². The molecule has 1 unspecified atom stereocenters. The maximum Gasteiger partial charge on any atom is 0.124 e. The van der Waals surface area contributed by atoms with Crippen LogP contribution in [0.1, 0.15) is 18.5 Å². The number of nitrogens with zero attached hydrogens (tertiary/aromatic N) is 1. The fraction of sp³-hybridized carbons (Fsp3) is 0.188. The lowest BCUT2D eigenvalue weighted by Gasteiger charge is -2.18. The average Bonchev–Trinajstić information content (AvgIpc) is 2.94. The summed E-state index contributed by atoms with van der Waals surface area (Å²) >= 11 is 1.66. The van der Waals surface area contributed by atoms with Crippen molar-refractivity contribution in [2.45, 2.75) is 13.0 Å². The normalized spacial score (nSPS) is 12.3. The number of anilines is 1. The molecule has 102 valence electrons. The van der Waals surface area contributed by atoms with Gasteiger partial charge < -0.3 is 10.1 Å². The molecule has 0 bridgehead atoms. The van der Waals surface area contributed by atoms with E-state index in [9.17, 15) is 0 Å². The van der Waals surface area contributed by atoms with Crippen molar-refractivity contribution in [3.63, 3.8) is 0 Å². The molecule has 3 nitrogen and oxygen atoms in total. The Hall–Kier alpha value is -2.07. The third kappa shape index (κ3) is 2.47. The van der Waals surface area contributed by atoms with E-state index in [-0.39, 0.29) is 6.04 Å². The highest BCUT2D eigenvalue weighted by molar-refractivity contribution is 7.16. The summed E-state index contributed by atoms with van der Waals surface area (Å²) in [7, 11) is 1.70. The van der Waals surface area contributed by atoms with Gasteiger partial charge in [-0.25, -0.2) is 4.98 Å². The summed E-state index contributed by atoms with van der Waals surface area (Å²) in [5.74, 6) is 0.909. The molecular weight excluding hydrogens is 268 g/mol. The Balaban J connectivity index is 1.86. The summed E-state index contributed by atoms with van der Waals surface area (Å²) in [6, 6.07) is 14.5. The summed E-state index contributed by atoms with van der Waals surface area (Å²) in [5, 5.41) is 3.51. The predicted octanol–water partition coefficient (Wildman–Crippen LogP) is 4.48. The molecule has 0 fully saturated rings. The number of fused-ring (bicyclic) bond motifs is 1. The molecule has 0 saturated carbocycles. The number of hydrogen-bond donors (Lipinski definition) is 1. The van der Waals surface area contributed by atoms with E-state index in [1.54, 1.807) is 18.4 Å². The number of para-hydroxylation sites is 1. The number of thiazole rings is 1. The predicted molar refractivity (Wildman–Crippen MR) is 84.7 cm³/mol. The van der Waals surface area contributed by atoms with Crippen LogP contribution in [0.15, 0.2) is 48.0 Å². The topological polar surface area (TPSA) is 34.1 Å². The number of ether oxygens (including phenoxy) is 1. The Labute approximate surface area is 122 Å². The first kappa shape index (κ1) is 12.9. The Morgan fingerprint density at radius 2 is 2.05 bits per heavy atom. The summed E-state index contributed by atoms with van der Waals surface area (Å²) in [4.78, 5) is 4.30. The van der Waals surface area contributed by atoms with Crippen molar-refractivity contribution in [3.05, 3.63) is 53.5 Å². The molecule has 1 aromatic heterocycles. The Bertz CT molecular complexity index is 723. The first-order valence-electron chi connectivity index (χ1n) is 6.50. The van der Waals surface area contributed by atoms with Crippen LogP contribution in [0.3, 0.4) is 0 Å². The van der Waals surface area contributed by atoms with Crippen LogP contribution >= 0.6 is 11.3 Å². The van der Waals surface area contributed by atoms with E-state index in [0.29, 0.717) is 0 Å². The van der Waals surface area contributed by atoms with Crippen LogP contribution in [-0.2, 0) is 0 Å². The molecule has 0 spiro atoms. The fourth-order valence-corrected chi connectivity index (χ4v) is 3.01. The SMILES string of the molecule is COc1ccccc1C(C)Nc1ccc2ncsc2c1. The molecule has 3 aromatic rings. The quantitative estimate of drug-likeness (QED) is 0.767. The maximum atomic E-state index is 5.41. The van der Waals surface area contributed by atoms with E-state index in [4.69, 9.17) is 4.74 Å². The van der Waals surface area contributed by atoms with Crippen molar-refractivity contribution < 1.29 is 4.74 Å². The maximum absolute atomic E-state index is 5.41. The van der Waals surface area contributed by atoms with Crippen LogP contribution in [0.5, 0.6) is 5.75 Å². The molecule has 3 rings (SSSR count). The number of methoxy groups -OCH3 is 1. The van der Waals surface area contributed by atoms with Gasteiger partial charge in [-0.3, -0.25) is 0 Å². The van der Waals surface area contributed by atoms with Crippen LogP contribution in [0.4, 0.5) is 5.69 Å². The molecule has 0 aliphatic rings. The highest BCUT2D eigenvalue weighted by atomic mass is 32.1. The molecule has 0 aliphatic heterocycles. The largest absolute Gasteiger partial charge is 0.496 e. The zero-order chi connectivity index (χ0) is 13.9. The smallest absolute Gasteiger partial charge is 0.124 e. The lowest BCUT2D eigenvalue weighted by atomic mass is 10.1. The van der Waals surface area contributed by atoms with Crippen LogP contribution in [-0.4, -0.2) is 12.1 Å². The van der Waals surface area contributed by atoms with E-state index in [0.717, 1.165) is 22.5 Å². The molecule has 1 heterocycles. The molecule has 0 saturated heterocycles. The average molecular weight is 284 g/mol. The van der Waals surface area contributed by atoms with Crippen molar-refractivity contribution in [2.24, 2.45) is 0 Å². The van der Waals surface area contributed by atoms with E-state index in [1.165, 1.54) is 4.70 Å². The Kier molecular flexibility index (Phi) is 3.56. The van der Waals surface area contributed by atoms with Crippen LogP contribution in [0.2, 0.25) is 0 Å². The number of nitrogens with one attached hydrogen (secondary N) is 1. The zero-order valence-corrected chi connectivity index (χ0v) is 12.3. The van der Waals surface area contributed by atoms with Crippen molar-refractivity contribution in [2.75, 3.05) is 12.4 Å². The van der Waals surface area contributed by atoms with Gasteiger partial charge in [-0.05, 0) is 31.2 Å². The Morgan fingerprint density at radius 3 is 2.90 bits per heavy atom. The van der Waals surface area contributed by atoms with Gasteiger partial charge in [0.1, 0.15) is 5.75 Å². The van der Waals surface area contributed by atoms with Crippen molar-refractivity contribution in [1.29, 1.82) is 0 Å². The zero-order valence-electron chi connectivity index (χ0n) is 11.5. The van der Waals surface area contributed by atoms with Crippen LogP contribution < -0.4 is 10.1 Å². The van der Waals surface area contributed by atoms with Crippen molar-refractivity contribution in [3.8, 4) is 5.75 Å². The summed E-state index contributed by atoms with van der Waals surface area (Å²) in [5.41, 5.74) is 5.17. The van der Waals surface area contributed by atoms with Gasteiger partial charge in [-0.1, -0.05) is 18.2 Å². The minimum atomic E-state index is 0.177. The van der Waals surface area contributed by atoms with Crippen LogP contribution in [0, 0.1) is 0 Å². The standard InChI is InChI=1S/C16H16N2OS/c1-11(13-5-3-4-6-15(13)19-2)18-12-7-8-14-16(9-12)20-10-17-14/h3-11,18H,1-2H3. The van der Waals surface area contributed by atoms with Gasteiger partial charge in [0.15, 0.2) is 0 Å². The third-order valence-corrected chi connectivity index (χ3v) is 4.11. The molecule has 20 heavy (non-hydrogen) atoms. The molecule has 0 amide bonds. The number of rotatable bonds is 4. The number of hydrogen-bond acceptors (Lipinski definition) is 4. The number of benzene rings is 2. The summed E-state index contributed by atoms with van der Waals surface area (Å²) in [6.07, 6.45) is 0. The van der Waals surface area contributed by atoms with Gasteiger partial charge in [0.2, 0.25) is 0 Å². The van der Waals surface area contributed by atoms with Gasteiger partial charge in [-0.15, -0.1) is 11.3 Å². The summed E-state index contributed by atoms with van der Waals surface area (Å²) in [6.45, 7) is 2.13. The Morgan fingerprint density at radius 1 is 1.20 bits per heavy atom. The number of aromatic nitrogens is 1. The van der Waals surface area contributed by atoms with Gasteiger partial charge >= 0.3 is 0 Å². The lowest BCUT2D eigenvalue weighted by molar-refractivity contribution is 0.408. The first-order valence-corrected chi connectivity index (χ1v) is 7.38. The van der Waals surface area contributed by atoms with E-state index in [2.05, 4.69) is 35.4 Å². The first-order chi connectivity index (χ1) is 9.78. The van der Waals surface area contributed by atoms with Gasteiger partial charge in [-0.2, -0.15) is 0 Å². The monoisotopic (exact) mass is 284 g/mol. The highest BCUT2D eigenvalue weighted by Gasteiger charge is 2.10. The van der Waals surface area contributed by atoms with Crippen molar-refractivity contribution >= 4 is 27.2 Å². The molecule has 4 heteroatoms. The lowest BCUT2D eigenvalue weighted by Crippen LogP contribution is -2.07. The molecule has 0 aliphatic carbocycles. The van der Waals surface area contributed by atoms with Gasteiger partial charge in [0.05, 0.1) is 28.9 Å². The second-order valence-corrected chi connectivity index (χ2v) is 5.53. The third-order valence-electron chi connectivity index (χ3n) is 3.32. The van der Waals surface area contributed by atoms with Crippen LogP contribution in [0.25, 0.3) is 10.2 Å². The molecule has 1 N–H and O–H groups in total. The van der Waals surface area contributed by atoms with Gasteiger partial charge in [0, 0.05) is 11.3 Å². The van der Waals surface area contributed by atoms with E-state index < -0.39 is 0 Å².